The fourth-order valence-corrected chi connectivity index (χ4v) is 1.64. The molecule has 1 saturated carbocycles. The summed E-state index contributed by atoms with van der Waals surface area (Å²) in [5.41, 5.74) is -0.348. The molecule has 0 radical (unpaired) electrons. The predicted octanol–water partition coefficient (Wildman–Crippen LogP) is 2.87. The van der Waals surface area contributed by atoms with Crippen LogP contribution in [-0.4, -0.2) is 18.2 Å². The monoisotopic (exact) mass is 241 g/mol. The summed E-state index contributed by atoms with van der Waals surface area (Å²) >= 11 is 0. The Bertz CT molecular complexity index is 402. The SMILES string of the molecule is CC(C)NCC1(Oc2cccc(F)c2F)CC1. The molecule has 2 rings (SSSR count). The van der Waals surface area contributed by atoms with Gasteiger partial charge in [0.1, 0.15) is 5.60 Å². The van der Waals surface area contributed by atoms with Crippen LogP contribution in [0.15, 0.2) is 18.2 Å². The van der Waals surface area contributed by atoms with Gasteiger partial charge in [-0.2, -0.15) is 4.39 Å². The second-order valence-electron chi connectivity index (χ2n) is 4.87. The topological polar surface area (TPSA) is 21.3 Å². The molecular formula is C13H17F2NO. The van der Waals surface area contributed by atoms with Crippen LogP contribution in [0.5, 0.6) is 5.75 Å². The quantitative estimate of drug-likeness (QED) is 0.855. The average Bonchev–Trinajstić information content (AvgIpc) is 3.03. The second kappa shape index (κ2) is 4.61. The largest absolute Gasteiger partial charge is 0.483 e. The molecule has 17 heavy (non-hydrogen) atoms. The molecule has 0 aliphatic heterocycles. The van der Waals surface area contributed by atoms with E-state index in [1.165, 1.54) is 12.1 Å². The second-order valence-corrected chi connectivity index (χ2v) is 4.87. The van der Waals surface area contributed by atoms with Crippen molar-refractivity contribution in [2.24, 2.45) is 0 Å². The molecule has 0 aromatic heterocycles. The highest BCUT2D eigenvalue weighted by atomic mass is 19.2. The lowest BCUT2D eigenvalue weighted by Gasteiger charge is -2.20. The molecule has 0 unspecified atom stereocenters. The minimum atomic E-state index is -0.900. The van der Waals surface area contributed by atoms with E-state index in [2.05, 4.69) is 5.32 Å². The van der Waals surface area contributed by atoms with Gasteiger partial charge in [0.15, 0.2) is 11.6 Å². The van der Waals surface area contributed by atoms with Crippen LogP contribution in [0.2, 0.25) is 0 Å². The van der Waals surface area contributed by atoms with Gasteiger partial charge in [-0.1, -0.05) is 19.9 Å². The lowest BCUT2D eigenvalue weighted by atomic mass is 10.2. The van der Waals surface area contributed by atoms with Crippen LogP contribution in [0.1, 0.15) is 26.7 Å². The van der Waals surface area contributed by atoms with E-state index in [1.54, 1.807) is 0 Å². The first-order valence-electron chi connectivity index (χ1n) is 5.89. The zero-order valence-electron chi connectivity index (χ0n) is 10.1. The average molecular weight is 241 g/mol. The molecule has 0 heterocycles. The molecule has 94 valence electrons. The summed E-state index contributed by atoms with van der Waals surface area (Å²) in [7, 11) is 0. The van der Waals surface area contributed by atoms with Gasteiger partial charge in [-0.25, -0.2) is 4.39 Å². The molecule has 1 N–H and O–H groups in total. The molecule has 1 aromatic rings. The summed E-state index contributed by atoms with van der Waals surface area (Å²) < 4.78 is 32.1. The van der Waals surface area contributed by atoms with Gasteiger partial charge >= 0.3 is 0 Å². The molecule has 0 saturated heterocycles. The highest BCUT2D eigenvalue weighted by Gasteiger charge is 2.45. The Kier molecular flexibility index (Phi) is 3.33. The van der Waals surface area contributed by atoms with Crippen LogP contribution in [0.4, 0.5) is 8.78 Å². The van der Waals surface area contributed by atoms with Crippen LogP contribution in [0.25, 0.3) is 0 Å². The van der Waals surface area contributed by atoms with Gasteiger partial charge in [0, 0.05) is 12.6 Å². The van der Waals surface area contributed by atoms with Crippen molar-refractivity contribution in [3.05, 3.63) is 29.8 Å². The van der Waals surface area contributed by atoms with Crippen molar-refractivity contribution in [3.63, 3.8) is 0 Å². The van der Waals surface area contributed by atoms with Gasteiger partial charge in [-0.15, -0.1) is 0 Å². The van der Waals surface area contributed by atoms with Crippen LogP contribution in [0.3, 0.4) is 0 Å². The van der Waals surface area contributed by atoms with E-state index in [9.17, 15) is 8.78 Å². The minimum Gasteiger partial charge on any atom is -0.483 e. The maximum absolute atomic E-state index is 13.4. The minimum absolute atomic E-state index is 0.00746. The predicted molar refractivity (Wildman–Crippen MR) is 62.1 cm³/mol. The molecule has 4 heteroatoms. The molecule has 0 spiro atoms. The highest BCUT2D eigenvalue weighted by Crippen LogP contribution is 2.40. The summed E-state index contributed by atoms with van der Waals surface area (Å²) in [6, 6.07) is 4.37. The highest BCUT2D eigenvalue weighted by molar-refractivity contribution is 5.27. The van der Waals surface area contributed by atoms with E-state index < -0.39 is 11.6 Å². The van der Waals surface area contributed by atoms with Crippen LogP contribution < -0.4 is 10.1 Å². The van der Waals surface area contributed by atoms with Crippen molar-refractivity contribution in [1.29, 1.82) is 0 Å². The Morgan fingerprint density at radius 3 is 2.65 bits per heavy atom. The van der Waals surface area contributed by atoms with Crippen molar-refractivity contribution in [2.45, 2.75) is 38.3 Å². The Hall–Kier alpha value is -1.16. The molecular weight excluding hydrogens is 224 g/mol. The van der Waals surface area contributed by atoms with Gasteiger partial charge in [0.25, 0.3) is 0 Å². The van der Waals surface area contributed by atoms with Crippen molar-refractivity contribution < 1.29 is 13.5 Å². The number of hydrogen-bond acceptors (Lipinski definition) is 2. The van der Waals surface area contributed by atoms with E-state index in [0.717, 1.165) is 18.9 Å². The van der Waals surface area contributed by atoms with Gasteiger partial charge in [-0.05, 0) is 25.0 Å². The third kappa shape index (κ3) is 2.94. The fourth-order valence-electron chi connectivity index (χ4n) is 1.64. The Morgan fingerprint density at radius 2 is 2.06 bits per heavy atom. The molecule has 1 aliphatic rings. The number of ether oxygens (including phenoxy) is 1. The first-order chi connectivity index (χ1) is 8.02. The summed E-state index contributed by atoms with van der Waals surface area (Å²) in [5, 5.41) is 3.26. The molecule has 0 amide bonds. The number of nitrogens with one attached hydrogen (secondary N) is 1. The Labute approximate surface area is 100.0 Å². The van der Waals surface area contributed by atoms with Crippen molar-refractivity contribution in [1.82, 2.24) is 5.32 Å². The van der Waals surface area contributed by atoms with Gasteiger partial charge in [0.05, 0.1) is 0 Å². The standard InChI is InChI=1S/C13H17F2NO/c1-9(2)16-8-13(6-7-13)17-11-5-3-4-10(14)12(11)15/h3-5,9,16H,6-8H2,1-2H3. The number of halogens is 2. The molecule has 0 bridgehead atoms. The number of benzene rings is 1. The maximum atomic E-state index is 13.4. The number of hydrogen-bond donors (Lipinski definition) is 1. The van der Waals surface area contributed by atoms with Crippen LogP contribution >= 0.6 is 0 Å². The van der Waals surface area contributed by atoms with Gasteiger partial charge < -0.3 is 10.1 Å². The Morgan fingerprint density at radius 1 is 1.35 bits per heavy atom. The van der Waals surface area contributed by atoms with Gasteiger partial charge in [0.2, 0.25) is 5.82 Å². The summed E-state index contributed by atoms with van der Waals surface area (Å²) in [4.78, 5) is 0. The normalized spacial score (nSPS) is 17.2. The zero-order chi connectivity index (χ0) is 12.5. The third-order valence-electron chi connectivity index (χ3n) is 2.88. The molecule has 0 atom stereocenters. The van der Waals surface area contributed by atoms with Crippen molar-refractivity contribution in [2.75, 3.05) is 6.54 Å². The van der Waals surface area contributed by atoms with Crippen molar-refractivity contribution in [3.8, 4) is 5.75 Å². The summed E-state index contributed by atoms with van der Waals surface area (Å²) in [6.45, 7) is 4.75. The van der Waals surface area contributed by atoms with E-state index in [0.29, 0.717) is 12.6 Å². The van der Waals surface area contributed by atoms with E-state index in [-0.39, 0.29) is 11.4 Å². The lowest BCUT2D eigenvalue weighted by Crippen LogP contribution is -2.37. The number of rotatable bonds is 5. The first kappa shape index (κ1) is 12.3. The van der Waals surface area contributed by atoms with Crippen molar-refractivity contribution >= 4 is 0 Å². The van der Waals surface area contributed by atoms with E-state index >= 15 is 0 Å². The maximum Gasteiger partial charge on any atom is 0.200 e. The summed E-state index contributed by atoms with van der Waals surface area (Å²) in [6.07, 6.45) is 1.76. The molecule has 1 fully saturated rings. The fraction of sp³-hybridized carbons (Fsp3) is 0.538. The summed E-state index contributed by atoms with van der Waals surface area (Å²) in [5.74, 6) is -1.76. The van der Waals surface area contributed by atoms with E-state index in [4.69, 9.17) is 4.74 Å². The van der Waals surface area contributed by atoms with Crippen LogP contribution in [-0.2, 0) is 0 Å². The smallest absolute Gasteiger partial charge is 0.200 e. The van der Waals surface area contributed by atoms with Gasteiger partial charge in [-0.3, -0.25) is 0 Å². The lowest BCUT2D eigenvalue weighted by molar-refractivity contribution is 0.163. The van der Waals surface area contributed by atoms with E-state index in [1.807, 2.05) is 13.8 Å². The van der Waals surface area contributed by atoms with Crippen LogP contribution in [0, 0.1) is 11.6 Å². The first-order valence-corrected chi connectivity index (χ1v) is 5.89. The molecule has 1 aliphatic carbocycles. The Balaban J connectivity index is 2.03. The zero-order valence-corrected chi connectivity index (χ0v) is 10.1. The third-order valence-corrected chi connectivity index (χ3v) is 2.88. The molecule has 2 nitrogen and oxygen atoms in total. The molecule has 1 aromatic carbocycles.